The highest BCUT2D eigenvalue weighted by atomic mass is 32.1. The summed E-state index contributed by atoms with van der Waals surface area (Å²) in [4.78, 5) is 18.2. The number of hydrogen-bond donors (Lipinski definition) is 0. The number of methoxy groups -OCH3 is 1. The van der Waals surface area contributed by atoms with Gasteiger partial charge in [-0.1, -0.05) is 23.5 Å². The second kappa shape index (κ2) is 5.84. The van der Waals surface area contributed by atoms with Gasteiger partial charge in [0.15, 0.2) is 10.9 Å². The molecule has 0 atom stereocenters. The number of rotatable bonds is 5. The van der Waals surface area contributed by atoms with Crippen LogP contribution in [0, 0.1) is 0 Å². The van der Waals surface area contributed by atoms with Crippen molar-refractivity contribution in [1.82, 2.24) is 4.98 Å². The Morgan fingerprint density at radius 3 is 2.89 bits per heavy atom. The highest BCUT2D eigenvalue weighted by Crippen LogP contribution is 2.24. The van der Waals surface area contributed by atoms with Gasteiger partial charge in [0.25, 0.3) is 0 Å². The minimum absolute atomic E-state index is 0.0542. The van der Waals surface area contributed by atoms with Crippen LogP contribution in [0.3, 0.4) is 0 Å². The van der Waals surface area contributed by atoms with Crippen LogP contribution >= 0.6 is 11.3 Å². The van der Waals surface area contributed by atoms with Gasteiger partial charge in [-0.3, -0.25) is 4.79 Å². The standard InChI is InChI=1S/C14H16N2O2S/c1-10(17)13-8-15-14(19-13)16(2)9-11-5-4-6-12(7-11)18-3/h4-8H,9H2,1-3H3. The fourth-order valence-corrected chi connectivity index (χ4v) is 2.49. The Labute approximate surface area is 116 Å². The zero-order chi connectivity index (χ0) is 13.8. The van der Waals surface area contributed by atoms with Crippen molar-refractivity contribution in [3.8, 4) is 5.75 Å². The molecular weight excluding hydrogens is 260 g/mol. The van der Waals surface area contributed by atoms with E-state index in [2.05, 4.69) is 4.98 Å². The molecule has 0 saturated carbocycles. The van der Waals surface area contributed by atoms with Gasteiger partial charge in [-0.2, -0.15) is 0 Å². The third kappa shape index (κ3) is 3.32. The Morgan fingerprint density at radius 1 is 1.47 bits per heavy atom. The van der Waals surface area contributed by atoms with Gasteiger partial charge in [0.2, 0.25) is 0 Å². The van der Waals surface area contributed by atoms with Crippen LogP contribution in [0.1, 0.15) is 22.2 Å². The first-order valence-electron chi connectivity index (χ1n) is 5.91. The lowest BCUT2D eigenvalue weighted by atomic mass is 10.2. The van der Waals surface area contributed by atoms with Gasteiger partial charge in [-0.05, 0) is 17.7 Å². The van der Waals surface area contributed by atoms with E-state index in [1.807, 2.05) is 36.2 Å². The zero-order valence-corrected chi connectivity index (χ0v) is 12.0. The molecule has 0 aliphatic heterocycles. The molecule has 0 bridgehead atoms. The fraction of sp³-hybridized carbons (Fsp3) is 0.286. The summed E-state index contributed by atoms with van der Waals surface area (Å²) < 4.78 is 5.20. The van der Waals surface area contributed by atoms with Crippen LogP contribution in [0.4, 0.5) is 5.13 Å². The van der Waals surface area contributed by atoms with E-state index in [0.717, 1.165) is 23.0 Å². The molecule has 2 rings (SSSR count). The van der Waals surface area contributed by atoms with Gasteiger partial charge in [0.1, 0.15) is 5.75 Å². The van der Waals surface area contributed by atoms with Gasteiger partial charge < -0.3 is 9.64 Å². The number of ketones is 1. The van der Waals surface area contributed by atoms with Crippen LogP contribution in [-0.4, -0.2) is 24.9 Å². The van der Waals surface area contributed by atoms with Gasteiger partial charge in [-0.15, -0.1) is 0 Å². The van der Waals surface area contributed by atoms with Crippen molar-refractivity contribution in [2.45, 2.75) is 13.5 Å². The van der Waals surface area contributed by atoms with Crippen LogP contribution in [0.15, 0.2) is 30.5 Å². The molecule has 0 unspecified atom stereocenters. The molecule has 1 heterocycles. The summed E-state index contributed by atoms with van der Waals surface area (Å²) in [7, 11) is 3.62. The molecule has 0 saturated heterocycles. The molecule has 19 heavy (non-hydrogen) atoms. The number of carbonyl (C=O) groups is 1. The number of carbonyl (C=O) groups excluding carboxylic acids is 1. The summed E-state index contributed by atoms with van der Waals surface area (Å²) in [6, 6.07) is 7.92. The number of benzene rings is 1. The van der Waals surface area contributed by atoms with Gasteiger partial charge in [-0.25, -0.2) is 4.98 Å². The lowest BCUT2D eigenvalue weighted by molar-refractivity contribution is 0.102. The third-order valence-corrected chi connectivity index (χ3v) is 3.93. The lowest BCUT2D eigenvalue weighted by Crippen LogP contribution is -2.15. The van der Waals surface area contributed by atoms with E-state index in [1.165, 1.54) is 11.3 Å². The first kappa shape index (κ1) is 13.5. The normalized spacial score (nSPS) is 10.3. The van der Waals surface area contributed by atoms with E-state index in [0.29, 0.717) is 4.88 Å². The maximum atomic E-state index is 11.3. The molecule has 0 radical (unpaired) electrons. The fourth-order valence-electron chi connectivity index (χ4n) is 1.72. The van der Waals surface area contributed by atoms with Crippen molar-refractivity contribution < 1.29 is 9.53 Å². The highest BCUT2D eigenvalue weighted by Gasteiger charge is 2.10. The van der Waals surface area contributed by atoms with E-state index < -0.39 is 0 Å². The van der Waals surface area contributed by atoms with E-state index in [9.17, 15) is 4.79 Å². The summed E-state index contributed by atoms with van der Waals surface area (Å²) >= 11 is 1.41. The summed E-state index contributed by atoms with van der Waals surface area (Å²) in [5, 5.41) is 0.841. The predicted molar refractivity (Wildman–Crippen MR) is 77.2 cm³/mol. The summed E-state index contributed by atoms with van der Waals surface area (Å²) in [5.74, 6) is 0.896. The molecule has 0 N–H and O–H groups in total. The molecule has 4 nitrogen and oxygen atoms in total. The lowest BCUT2D eigenvalue weighted by Gasteiger charge is -2.16. The summed E-state index contributed by atoms with van der Waals surface area (Å²) in [5.41, 5.74) is 1.14. The Bertz CT molecular complexity index is 580. The minimum atomic E-state index is 0.0542. The maximum absolute atomic E-state index is 11.3. The monoisotopic (exact) mass is 276 g/mol. The molecule has 1 aromatic heterocycles. The average molecular weight is 276 g/mol. The molecule has 0 aliphatic rings. The topological polar surface area (TPSA) is 42.4 Å². The molecule has 0 fully saturated rings. The number of anilines is 1. The summed E-state index contributed by atoms with van der Waals surface area (Å²) in [6.45, 7) is 2.28. The summed E-state index contributed by atoms with van der Waals surface area (Å²) in [6.07, 6.45) is 1.63. The highest BCUT2D eigenvalue weighted by molar-refractivity contribution is 7.17. The number of hydrogen-bond acceptors (Lipinski definition) is 5. The second-order valence-electron chi connectivity index (χ2n) is 4.27. The van der Waals surface area contributed by atoms with E-state index >= 15 is 0 Å². The predicted octanol–water partition coefficient (Wildman–Crippen LogP) is 2.99. The van der Waals surface area contributed by atoms with Crippen molar-refractivity contribution in [3.05, 3.63) is 40.9 Å². The molecule has 5 heteroatoms. The van der Waals surface area contributed by atoms with Gasteiger partial charge >= 0.3 is 0 Å². The van der Waals surface area contributed by atoms with Crippen LogP contribution in [-0.2, 0) is 6.54 Å². The quantitative estimate of drug-likeness (QED) is 0.787. The Balaban J connectivity index is 2.10. The number of nitrogens with zero attached hydrogens (tertiary/aromatic N) is 2. The minimum Gasteiger partial charge on any atom is -0.497 e. The number of ether oxygens (including phenoxy) is 1. The Hall–Kier alpha value is -1.88. The molecular formula is C14H16N2O2S. The van der Waals surface area contributed by atoms with Gasteiger partial charge in [0.05, 0.1) is 18.2 Å². The van der Waals surface area contributed by atoms with Crippen LogP contribution in [0.2, 0.25) is 0 Å². The first-order valence-corrected chi connectivity index (χ1v) is 6.72. The van der Waals surface area contributed by atoms with E-state index in [-0.39, 0.29) is 5.78 Å². The van der Waals surface area contributed by atoms with E-state index in [4.69, 9.17) is 4.74 Å². The number of thiazole rings is 1. The molecule has 0 amide bonds. The van der Waals surface area contributed by atoms with Crippen molar-refractivity contribution >= 4 is 22.3 Å². The number of aromatic nitrogens is 1. The van der Waals surface area contributed by atoms with Crippen molar-refractivity contribution in [3.63, 3.8) is 0 Å². The first-order chi connectivity index (χ1) is 9.10. The van der Waals surface area contributed by atoms with Crippen molar-refractivity contribution in [2.24, 2.45) is 0 Å². The van der Waals surface area contributed by atoms with Crippen molar-refractivity contribution in [2.75, 3.05) is 19.1 Å². The second-order valence-corrected chi connectivity index (χ2v) is 5.28. The largest absolute Gasteiger partial charge is 0.497 e. The zero-order valence-electron chi connectivity index (χ0n) is 11.2. The van der Waals surface area contributed by atoms with Crippen LogP contribution in [0.5, 0.6) is 5.75 Å². The number of Topliss-reactive ketones (excluding diaryl/α,β-unsaturated/α-hetero) is 1. The third-order valence-electron chi connectivity index (χ3n) is 2.72. The molecule has 0 spiro atoms. The maximum Gasteiger partial charge on any atom is 0.185 e. The van der Waals surface area contributed by atoms with Gasteiger partial charge in [0, 0.05) is 20.5 Å². The molecule has 100 valence electrons. The Kier molecular flexibility index (Phi) is 4.16. The average Bonchev–Trinajstić information content (AvgIpc) is 2.89. The van der Waals surface area contributed by atoms with E-state index in [1.54, 1.807) is 20.2 Å². The molecule has 0 aliphatic carbocycles. The van der Waals surface area contributed by atoms with Crippen LogP contribution in [0.25, 0.3) is 0 Å². The smallest absolute Gasteiger partial charge is 0.185 e. The SMILES string of the molecule is COc1cccc(CN(C)c2ncc(C(C)=O)s2)c1. The van der Waals surface area contributed by atoms with Crippen molar-refractivity contribution in [1.29, 1.82) is 0 Å². The molecule has 1 aromatic carbocycles. The Morgan fingerprint density at radius 2 is 2.26 bits per heavy atom. The van der Waals surface area contributed by atoms with Crippen LogP contribution < -0.4 is 9.64 Å². The molecule has 2 aromatic rings.